The Morgan fingerprint density at radius 3 is 2.54 bits per heavy atom. The minimum Gasteiger partial charge on any atom is -0.496 e. The Morgan fingerprint density at radius 1 is 1.15 bits per heavy atom. The highest BCUT2D eigenvalue weighted by molar-refractivity contribution is 6.30. The van der Waals surface area contributed by atoms with E-state index in [4.69, 9.17) is 16.3 Å². The standard InChI is InChI=1S/C21H23ClN2O2/c1-13(2)24-18(20(25)16-10-9-15(22)11-14(16)3)12-23-21(24)17-7-5-6-8-19(17)26-4/h5-13,20,25H,1-4H3. The van der Waals surface area contributed by atoms with Crippen molar-refractivity contribution in [2.75, 3.05) is 7.11 Å². The van der Waals surface area contributed by atoms with Crippen molar-refractivity contribution < 1.29 is 9.84 Å². The summed E-state index contributed by atoms with van der Waals surface area (Å²) in [5, 5.41) is 11.7. The molecule has 1 N–H and O–H groups in total. The zero-order chi connectivity index (χ0) is 18.8. The molecule has 4 nitrogen and oxygen atoms in total. The van der Waals surface area contributed by atoms with Gasteiger partial charge in [-0.2, -0.15) is 0 Å². The predicted molar refractivity (Wildman–Crippen MR) is 105 cm³/mol. The van der Waals surface area contributed by atoms with Gasteiger partial charge in [0.2, 0.25) is 0 Å². The number of benzene rings is 2. The number of hydrogen-bond donors (Lipinski definition) is 1. The molecule has 0 saturated carbocycles. The summed E-state index contributed by atoms with van der Waals surface area (Å²) in [4.78, 5) is 4.61. The number of ether oxygens (including phenoxy) is 1. The van der Waals surface area contributed by atoms with E-state index in [1.54, 1.807) is 19.4 Å². The lowest BCUT2D eigenvalue weighted by molar-refractivity contribution is 0.207. The molecular formula is C21H23ClN2O2. The van der Waals surface area contributed by atoms with Crippen LogP contribution in [0.1, 0.15) is 42.8 Å². The third-order valence-electron chi connectivity index (χ3n) is 4.50. The lowest BCUT2D eigenvalue weighted by Gasteiger charge is -2.21. The van der Waals surface area contributed by atoms with Gasteiger partial charge >= 0.3 is 0 Å². The number of aliphatic hydroxyl groups is 1. The van der Waals surface area contributed by atoms with Crippen molar-refractivity contribution >= 4 is 11.6 Å². The lowest BCUT2D eigenvalue weighted by atomic mass is 10.0. The summed E-state index contributed by atoms with van der Waals surface area (Å²) < 4.78 is 7.54. The van der Waals surface area contributed by atoms with Crippen LogP contribution in [0.25, 0.3) is 11.4 Å². The second kappa shape index (κ2) is 7.52. The molecule has 2 aromatic carbocycles. The molecule has 1 aromatic heterocycles. The van der Waals surface area contributed by atoms with Crippen molar-refractivity contribution in [3.05, 3.63) is 70.5 Å². The highest BCUT2D eigenvalue weighted by atomic mass is 35.5. The first-order valence-corrected chi connectivity index (χ1v) is 8.96. The van der Waals surface area contributed by atoms with E-state index < -0.39 is 6.10 Å². The molecule has 3 rings (SSSR count). The Morgan fingerprint density at radius 2 is 1.88 bits per heavy atom. The van der Waals surface area contributed by atoms with Crippen molar-refractivity contribution in [1.82, 2.24) is 9.55 Å². The Bertz CT molecular complexity index is 918. The molecule has 1 atom stereocenters. The van der Waals surface area contributed by atoms with Crippen LogP contribution in [0.3, 0.4) is 0 Å². The zero-order valence-corrected chi connectivity index (χ0v) is 16.2. The fourth-order valence-electron chi connectivity index (χ4n) is 3.25. The molecular weight excluding hydrogens is 348 g/mol. The van der Waals surface area contributed by atoms with Gasteiger partial charge in [0.1, 0.15) is 17.7 Å². The summed E-state index contributed by atoms with van der Waals surface area (Å²) >= 11 is 6.05. The summed E-state index contributed by atoms with van der Waals surface area (Å²) in [6.45, 7) is 6.10. The monoisotopic (exact) mass is 370 g/mol. The van der Waals surface area contributed by atoms with E-state index in [0.717, 1.165) is 34.0 Å². The summed E-state index contributed by atoms with van der Waals surface area (Å²) in [6, 6.07) is 13.4. The van der Waals surface area contributed by atoms with Gasteiger partial charge in [0.05, 0.1) is 24.6 Å². The fourth-order valence-corrected chi connectivity index (χ4v) is 3.48. The van der Waals surface area contributed by atoms with Crippen LogP contribution in [-0.2, 0) is 0 Å². The Kier molecular flexibility index (Phi) is 5.35. The van der Waals surface area contributed by atoms with E-state index in [1.165, 1.54) is 0 Å². The number of rotatable bonds is 5. The molecule has 0 bridgehead atoms. The first kappa shape index (κ1) is 18.5. The Balaban J connectivity index is 2.13. The van der Waals surface area contributed by atoms with Crippen molar-refractivity contribution in [1.29, 1.82) is 0 Å². The molecule has 1 unspecified atom stereocenters. The largest absolute Gasteiger partial charge is 0.496 e. The van der Waals surface area contributed by atoms with Crippen LogP contribution in [-0.4, -0.2) is 21.8 Å². The maximum absolute atomic E-state index is 11.0. The van der Waals surface area contributed by atoms with E-state index in [0.29, 0.717) is 5.02 Å². The summed E-state index contributed by atoms with van der Waals surface area (Å²) in [7, 11) is 1.65. The van der Waals surface area contributed by atoms with Crippen molar-refractivity contribution in [3.8, 4) is 17.1 Å². The summed E-state index contributed by atoms with van der Waals surface area (Å²) in [5.74, 6) is 1.53. The Hall–Kier alpha value is -2.30. The molecule has 0 fully saturated rings. The highest BCUT2D eigenvalue weighted by Crippen LogP contribution is 2.35. The van der Waals surface area contributed by atoms with E-state index >= 15 is 0 Å². The SMILES string of the molecule is COc1ccccc1-c1ncc(C(O)c2ccc(Cl)cc2C)n1C(C)C. The number of aromatic nitrogens is 2. The number of aryl methyl sites for hydroxylation is 1. The van der Waals surface area contributed by atoms with Crippen LogP contribution < -0.4 is 4.74 Å². The second-order valence-corrected chi connectivity index (χ2v) is 7.01. The molecule has 1 heterocycles. The summed E-state index contributed by atoms with van der Waals surface area (Å²) in [6.07, 6.45) is 0.950. The molecule has 0 aliphatic rings. The first-order valence-electron chi connectivity index (χ1n) is 8.58. The van der Waals surface area contributed by atoms with Crippen LogP contribution in [0.4, 0.5) is 0 Å². The molecule has 0 aliphatic carbocycles. The van der Waals surface area contributed by atoms with Crippen LogP contribution in [0.5, 0.6) is 5.75 Å². The normalized spacial score (nSPS) is 12.4. The minimum atomic E-state index is -0.786. The number of para-hydroxylation sites is 1. The quantitative estimate of drug-likeness (QED) is 0.672. The van der Waals surface area contributed by atoms with E-state index in [1.807, 2.05) is 43.3 Å². The van der Waals surface area contributed by atoms with Crippen molar-refractivity contribution in [2.24, 2.45) is 0 Å². The molecule has 0 saturated heterocycles. The maximum atomic E-state index is 11.0. The Labute approximate surface area is 159 Å². The molecule has 0 spiro atoms. The number of nitrogens with zero attached hydrogens (tertiary/aromatic N) is 2. The number of imidazole rings is 1. The van der Waals surface area contributed by atoms with E-state index in [2.05, 4.69) is 23.4 Å². The van der Waals surface area contributed by atoms with Gasteiger partial charge in [-0.15, -0.1) is 0 Å². The van der Waals surface area contributed by atoms with Gasteiger partial charge in [-0.05, 0) is 56.2 Å². The zero-order valence-electron chi connectivity index (χ0n) is 15.4. The van der Waals surface area contributed by atoms with Gasteiger partial charge in [-0.25, -0.2) is 4.98 Å². The third-order valence-corrected chi connectivity index (χ3v) is 4.73. The molecule has 0 amide bonds. The van der Waals surface area contributed by atoms with Gasteiger partial charge in [0.15, 0.2) is 0 Å². The smallest absolute Gasteiger partial charge is 0.144 e. The van der Waals surface area contributed by atoms with Crippen molar-refractivity contribution in [2.45, 2.75) is 32.9 Å². The molecule has 0 aliphatic heterocycles. The van der Waals surface area contributed by atoms with Crippen LogP contribution >= 0.6 is 11.6 Å². The van der Waals surface area contributed by atoms with Gasteiger partial charge in [-0.1, -0.05) is 29.8 Å². The average molecular weight is 371 g/mol. The van der Waals surface area contributed by atoms with Crippen LogP contribution in [0, 0.1) is 6.92 Å². The number of hydrogen-bond acceptors (Lipinski definition) is 3. The molecule has 5 heteroatoms. The maximum Gasteiger partial charge on any atom is 0.144 e. The second-order valence-electron chi connectivity index (χ2n) is 6.57. The number of halogens is 1. The molecule has 26 heavy (non-hydrogen) atoms. The molecule has 136 valence electrons. The fraction of sp³-hybridized carbons (Fsp3) is 0.286. The third kappa shape index (κ3) is 3.35. The van der Waals surface area contributed by atoms with E-state index in [9.17, 15) is 5.11 Å². The highest BCUT2D eigenvalue weighted by Gasteiger charge is 2.23. The van der Waals surface area contributed by atoms with Crippen LogP contribution in [0.15, 0.2) is 48.7 Å². The van der Waals surface area contributed by atoms with Crippen LogP contribution in [0.2, 0.25) is 5.02 Å². The predicted octanol–water partition coefficient (Wildman–Crippen LogP) is 5.18. The number of methoxy groups -OCH3 is 1. The average Bonchev–Trinajstić information content (AvgIpc) is 3.06. The summed E-state index contributed by atoms with van der Waals surface area (Å²) in [5.41, 5.74) is 3.41. The van der Waals surface area contributed by atoms with Gasteiger partial charge in [0.25, 0.3) is 0 Å². The molecule has 0 radical (unpaired) electrons. The topological polar surface area (TPSA) is 47.3 Å². The minimum absolute atomic E-state index is 0.120. The molecule has 3 aromatic rings. The number of aliphatic hydroxyl groups excluding tert-OH is 1. The van der Waals surface area contributed by atoms with Crippen molar-refractivity contribution in [3.63, 3.8) is 0 Å². The lowest BCUT2D eigenvalue weighted by Crippen LogP contribution is -2.13. The van der Waals surface area contributed by atoms with Gasteiger partial charge < -0.3 is 14.4 Å². The van der Waals surface area contributed by atoms with E-state index in [-0.39, 0.29) is 6.04 Å². The van der Waals surface area contributed by atoms with Gasteiger partial charge in [-0.3, -0.25) is 0 Å². The first-order chi connectivity index (χ1) is 12.4. The van der Waals surface area contributed by atoms with Gasteiger partial charge in [0, 0.05) is 11.1 Å².